The Morgan fingerprint density at radius 1 is 1.19 bits per heavy atom. The molecule has 0 aliphatic carbocycles. The van der Waals surface area contributed by atoms with Crippen LogP contribution in [0.2, 0.25) is 0 Å². The largest absolute Gasteiger partial charge is 0.494 e. The van der Waals surface area contributed by atoms with Crippen molar-refractivity contribution in [3.05, 3.63) is 18.2 Å². The lowest BCUT2D eigenvalue weighted by molar-refractivity contribution is 0.00578. The van der Waals surface area contributed by atoms with Crippen molar-refractivity contribution in [2.45, 2.75) is 45.4 Å². The first-order valence-corrected chi connectivity index (χ1v) is 7.09. The Kier molecular flexibility index (Phi) is 3.29. The van der Waals surface area contributed by atoms with E-state index in [0.717, 1.165) is 16.5 Å². The third-order valence-corrected chi connectivity index (χ3v) is 4.36. The average molecular weight is 291 g/mol. The Labute approximate surface area is 123 Å². The van der Waals surface area contributed by atoms with E-state index in [0.29, 0.717) is 0 Å². The number of hydrogen-bond donors (Lipinski definition) is 0. The quantitative estimate of drug-likeness (QED) is 0.808. The summed E-state index contributed by atoms with van der Waals surface area (Å²) in [5, 5.41) is 7.98. The van der Waals surface area contributed by atoms with Gasteiger partial charge in [-0.15, -0.1) is 5.10 Å². The molecule has 5 nitrogen and oxygen atoms in total. The molecule has 3 rings (SSSR count). The van der Waals surface area contributed by atoms with Gasteiger partial charge in [-0.3, -0.25) is 0 Å². The van der Waals surface area contributed by atoms with Gasteiger partial charge in [0.25, 0.3) is 0 Å². The van der Waals surface area contributed by atoms with Crippen LogP contribution in [0.5, 0.6) is 0 Å². The SMILES string of the molecule is CC1(C)OB(c2ccc3nnn(CCF)c3c2)OC1(C)C. The van der Waals surface area contributed by atoms with Gasteiger partial charge in [-0.2, -0.15) is 0 Å². The minimum Gasteiger partial charge on any atom is -0.399 e. The molecule has 112 valence electrons. The van der Waals surface area contributed by atoms with E-state index in [2.05, 4.69) is 10.3 Å². The first-order chi connectivity index (χ1) is 9.84. The van der Waals surface area contributed by atoms with Crippen LogP contribution >= 0.6 is 0 Å². The summed E-state index contributed by atoms with van der Waals surface area (Å²) in [4.78, 5) is 0. The first kappa shape index (κ1) is 14.5. The molecule has 0 atom stereocenters. The van der Waals surface area contributed by atoms with Crippen molar-refractivity contribution in [1.82, 2.24) is 15.0 Å². The van der Waals surface area contributed by atoms with E-state index in [1.54, 1.807) is 4.68 Å². The second-order valence-corrected chi connectivity index (χ2v) is 6.34. The number of nitrogens with zero attached hydrogens (tertiary/aromatic N) is 3. The fourth-order valence-electron chi connectivity index (χ4n) is 2.35. The zero-order valence-corrected chi connectivity index (χ0v) is 12.8. The van der Waals surface area contributed by atoms with Crippen LogP contribution in [0.1, 0.15) is 27.7 Å². The minimum atomic E-state index is -0.473. The summed E-state index contributed by atoms with van der Waals surface area (Å²) in [5.74, 6) is 0. The Bertz CT molecular complexity index is 655. The third kappa shape index (κ3) is 2.34. The third-order valence-electron chi connectivity index (χ3n) is 4.36. The molecule has 1 aliphatic heterocycles. The number of hydrogen-bond acceptors (Lipinski definition) is 4. The molecular weight excluding hydrogens is 272 g/mol. The number of aromatic nitrogens is 3. The maximum Gasteiger partial charge on any atom is 0.494 e. The number of fused-ring (bicyclic) bond motifs is 1. The van der Waals surface area contributed by atoms with E-state index in [-0.39, 0.29) is 17.7 Å². The molecule has 0 amide bonds. The second kappa shape index (κ2) is 4.78. The van der Waals surface area contributed by atoms with Crippen molar-refractivity contribution in [2.24, 2.45) is 0 Å². The lowest BCUT2D eigenvalue weighted by Crippen LogP contribution is -2.41. The van der Waals surface area contributed by atoms with Gasteiger partial charge in [0.05, 0.1) is 23.3 Å². The molecule has 0 N–H and O–H groups in total. The van der Waals surface area contributed by atoms with E-state index >= 15 is 0 Å². The maximum atomic E-state index is 12.6. The van der Waals surface area contributed by atoms with Crippen LogP contribution in [-0.4, -0.2) is 40.0 Å². The monoisotopic (exact) mass is 291 g/mol. The van der Waals surface area contributed by atoms with Crippen LogP contribution in [-0.2, 0) is 15.9 Å². The van der Waals surface area contributed by atoms with Crippen LogP contribution in [0.15, 0.2) is 18.2 Å². The van der Waals surface area contributed by atoms with Crippen LogP contribution in [0, 0.1) is 0 Å². The topological polar surface area (TPSA) is 49.2 Å². The van der Waals surface area contributed by atoms with Crippen LogP contribution in [0.3, 0.4) is 0 Å². The molecular formula is C14H19BFN3O2. The summed E-state index contributed by atoms with van der Waals surface area (Å²) >= 11 is 0. The van der Waals surface area contributed by atoms with Crippen molar-refractivity contribution < 1.29 is 13.7 Å². The Morgan fingerprint density at radius 3 is 2.48 bits per heavy atom. The highest BCUT2D eigenvalue weighted by atomic mass is 19.1. The average Bonchev–Trinajstić information content (AvgIpc) is 2.89. The van der Waals surface area contributed by atoms with Crippen molar-refractivity contribution in [3.63, 3.8) is 0 Å². The lowest BCUT2D eigenvalue weighted by Gasteiger charge is -2.32. The second-order valence-electron chi connectivity index (χ2n) is 6.34. The van der Waals surface area contributed by atoms with Crippen LogP contribution in [0.4, 0.5) is 4.39 Å². The molecule has 1 aromatic carbocycles. The standard InChI is InChI=1S/C14H19BFN3O2/c1-13(2)14(3,4)21-15(20-13)10-5-6-11-12(9-10)19(8-7-16)18-17-11/h5-6,9H,7-8H2,1-4H3. The van der Waals surface area contributed by atoms with Gasteiger partial charge in [0.1, 0.15) is 12.2 Å². The highest BCUT2D eigenvalue weighted by molar-refractivity contribution is 6.62. The smallest absolute Gasteiger partial charge is 0.399 e. The molecule has 0 unspecified atom stereocenters. The van der Waals surface area contributed by atoms with Gasteiger partial charge in [0.15, 0.2) is 0 Å². The van der Waals surface area contributed by atoms with E-state index in [1.165, 1.54) is 0 Å². The molecule has 1 fully saturated rings. The zero-order valence-electron chi connectivity index (χ0n) is 12.8. The van der Waals surface area contributed by atoms with Crippen molar-refractivity contribution in [1.29, 1.82) is 0 Å². The van der Waals surface area contributed by atoms with E-state index in [9.17, 15) is 4.39 Å². The highest BCUT2D eigenvalue weighted by Gasteiger charge is 2.51. The molecule has 1 aromatic heterocycles. The van der Waals surface area contributed by atoms with Gasteiger partial charge in [0.2, 0.25) is 0 Å². The Balaban J connectivity index is 1.97. The summed E-state index contributed by atoms with van der Waals surface area (Å²) in [6.07, 6.45) is 0. The Hall–Kier alpha value is -1.47. The maximum absolute atomic E-state index is 12.6. The van der Waals surface area contributed by atoms with Gasteiger partial charge in [-0.05, 0) is 45.3 Å². The number of benzene rings is 1. The van der Waals surface area contributed by atoms with Gasteiger partial charge < -0.3 is 9.31 Å². The summed E-state index contributed by atoms with van der Waals surface area (Å²) in [6.45, 7) is 7.78. The van der Waals surface area contributed by atoms with E-state index in [4.69, 9.17) is 9.31 Å². The van der Waals surface area contributed by atoms with Crippen LogP contribution < -0.4 is 5.46 Å². The fourth-order valence-corrected chi connectivity index (χ4v) is 2.35. The van der Waals surface area contributed by atoms with Gasteiger partial charge in [-0.1, -0.05) is 11.3 Å². The summed E-state index contributed by atoms with van der Waals surface area (Å²) in [5.41, 5.74) is 1.65. The van der Waals surface area contributed by atoms with E-state index in [1.807, 2.05) is 45.9 Å². The fraction of sp³-hybridized carbons (Fsp3) is 0.571. The van der Waals surface area contributed by atoms with Crippen molar-refractivity contribution in [2.75, 3.05) is 6.67 Å². The number of alkyl halides is 1. The molecule has 1 aliphatic rings. The van der Waals surface area contributed by atoms with E-state index < -0.39 is 13.8 Å². The normalized spacial score (nSPS) is 20.3. The van der Waals surface area contributed by atoms with Crippen LogP contribution in [0.25, 0.3) is 11.0 Å². The highest BCUT2D eigenvalue weighted by Crippen LogP contribution is 2.36. The summed E-state index contributed by atoms with van der Waals surface area (Å²) in [6, 6.07) is 5.68. The number of aryl methyl sites for hydroxylation is 1. The molecule has 0 spiro atoms. The predicted molar refractivity (Wildman–Crippen MR) is 79.2 cm³/mol. The molecule has 21 heavy (non-hydrogen) atoms. The molecule has 0 saturated carbocycles. The summed E-state index contributed by atoms with van der Waals surface area (Å²) < 4.78 is 26.2. The van der Waals surface area contributed by atoms with Crippen molar-refractivity contribution >= 4 is 23.6 Å². The van der Waals surface area contributed by atoms with Gasteiger partial charge in [0, 0.05) is 0 Å². The molecule has 0 radical (unpaired) electrons. The summed E-state index contributed by atoms with van der Waals surface area (Å²) in [7, 11) is -0.437. The zero-order chi connectivity index (χ0) is 15.3. The molecule has 0 bridgehead atoms. The molecule has 7 heteroatoms. The number of halogens is 1. The van der Waals surface area contributed by atoms with Gasteiger partial charge in [-0.25, -0.2) is 9.07 Å². The first-order valence-electron chi connectivity index (χ1n) is 7.09. The number of rotatable bonds is 3. The van der Waals surface area contributed by atoms with Gasteiger partial charge >= 0.3 is 7.12 Å². The molecule has 2 aromatic rings. The predicted octanol–water partition coefficient (Wildman–Crippen LogP) is 1.70. The minimum absolute atomic E-state index is 0.198. The molecule has 2 heterocycles. The van der Waals surface area contributed by atoms with Crippen molar-refractivity contribution in [3.8, 4) is 0 Å². The Morgan fingerprint density at radius 2 is 1.86 bits per heavy atom. The molecule has 1 saturated heterocycles. The lowest BCUT2D eigenvalue weighted by atomic mass is 9.79.